The standard InChI is InChI=1S/C25H23Cl2NO4/c1-15-22(25(30)32-13-12-31-17-6-3-2-4-7-17)23(18-11-10-16(26)14-19(18)27)24-20(28-15)8-5-9-21(24)29/h2-4,6-7,10-11,14,23,28H,5,8-9,12-13H2,1H3. The van der Waals surface area contributed by atoms with Crippen molar-refractivity contribution in [3.05, 3.63) is 86.7 Å². The molecule has 1 unspecified atom stereocenters. The molecule has 1 aliphatic heterocycles. The van der Waals surface area contributed by atoms with Crippen LogP contribution >= 0.6 is 23.2 Å². The number of nitrogens with one attached hydrogen (secondary N) is 1. The maximum Gasteiger partial charge on any atom is 0.336 e. The molecule has 0 spiro atoms. The van der Waals surface area contributed by atoms with Crippen LogP contribution in [0, 0.1) is 0 Å². The molecule has 2 aromatic carbocycles. The highest BCUT2D eigenvalue weighted by Gasteiger charge is 2.39. The van der Waals surface area contributed by atoms with Gasteiger partial charge >= 0.3 is 5.97 Å². The molecule has 4 rings (SSSR count). The summed E-state index contributed by atoms with van der Waals surface area (Å²) in [6.07, 6.45) is 1.96. The van der Waals surface area contributed by atoms with Gasteiger partial charge in [0.05, 0.1) is 5.57 Å². The lowest BCUT2D eigenvalue weighted by molar-refractivity contribution is -0.140. The Hall–Kier alpha value is -2.76. The number of rotatable bonds is 6. The van der Waals surface area contributed by atoms with Crippen molar-refractivity contribution in [2.75, 3.05) is 13.2 Å². The van der Waals surface area contributed by atoms with Gasteiger partial charge in [0.25, 0.3) is 0 Å². The molecule has 0 fully saturated rings. The van der Waals surface area contributed by atoms with Crippen molar-refractivity contribution in [2.24, 2.45) is 0 Å². The zero-order valence-corrected chi connectivity index (χ0v) is 19.1. The second kappa shape index (κ2) is 9.80. The van der Waals surface area contributed by atoms with Crippen molar-refractivity contribution in [2.45, 2.75) is 32.1 Å². The molecule has 0 amide bonds. The number of carbonyl (C=O) groups excluding carboxylic acids is 2. The summed E-state index contributed by atoms with van der Waals surface area (Å²) in [6, 6.07) is 14.4. The van der Waals surface area contributed by atoms with Crippen LogP contribution in [0.5, 0.6) is 5.75 Å². The van der Waals surface area contributed by atoms with Gasteiger partial charge in [-0.05, 0) is 49.6 Å². The van der Waals surface area contributed by atoms with E-state index in [1.54, 1.807) is 18.2 Å². The second-order valence-electron chi connectivity index (χ2n) is 7.73. The third-order valence-electron chi connectivity index (χ3n) is 5.60. The summed E-state index contributed by atoms with van der Waals surface area (Å²) in [5.41, 5.74) is 3.12. The zero-order chi connectivity index (χ0) is 22.7. The molecule has 1 N–H and O–H groups in total. The summed E-state index contributed by atoms with van der Waals surface area (Å²) in [7, 11) is 0. The molecular weight excluding hydrogens is 449 g/mol. The van der Waals surface area contributed by atoms with Gasteiger partial charge in [-0.2, -0.15) is 0 Å². The molecule has 7 heteroatoms. The number of carbonyl (C=O) groups is 2. The first-order chi connectivity index (χ1) is 15.5. The lowest BCUT2D eigenvalue weighted by atomic mass is 9.75. The Balaban J connectivity index is 1.59. The monoisotopic (exact) mass is 471 g/mol. The van der Waals surface area contributed by atoms with Gasteiger partial charge in [0.1, 0.15) is 19.0 Å². The summed E-state index contributed by atoms with van der Waals surface area (Å²) in [5.74, 6) is -0.398. The summed E-state index contributed by atoms with van der Waals surface area (Å²) in [5, 5.41) is 4.15. The van der Waals surface area contributed by atoms with Crippen LogP contribution in [0.4, 0.5) is 0 Å². The van der Waals surface area contributed by atoms with E-state index in [9.17, 15) is 9.59 Å². The molecule has 0 aromatic heterocycles. The third kappa shape index (κ3) is 4.69. The fourth-order valence-corrected chi connectivity index (χ4v) is 4.71. The minimum absolute atomic E-state index is 0.0139. The zero-order valence-electron chi connectivity index (χ0n) is 17.6. The van der Waals surface area contributed by atoms with Crippen LogP contribution < -0.4 is 10.1 Å². The highest BCUT2D eigenvalue weighted by molar-refractivity contribution is 6.35. The number of hydrogen-bond donors (Lipinski definition) is 1. The van der Waals surface area contributed by atoms with Gasteiger partial charge in [0.15, 0.2) is 5.78 Å². The largest absolute Gasteiger partial charge is 0.490 e. The molecule has 1 aliphatic carbocycles. The Morgan fingerprint density at radius 3 is 2.62 bits per heavy atom. The predicted octanol–water partition coefficient (Wildman–Crippen LogP) is 5.58. The minimum atomic E-state index is -0.605. The van der Waals surface area contributed by atoms with E-state index in [2.05, 4.69) is 5.32 Å². The van der Waals surface area contributed by atoms with Crippen LogP contribution in [-0.4, -0.2) is 25.0 Å². The number of Topliss-reactive ketones (excluding diaryl/α,β-unsaturated/α-hetero) is 1. The van der Waals surface area contributed by atoms with E-state index in [-0.39, 0.29) is 19.0 Å². The van der Waals surface area contributed by atoms with Crippen molar-refractivity contribution in [3.63, 3.8) is 0 Å². The Kier molecular flexibility index (Phi) is 6.87. The molecule has 166 valence electrons. The van der Waals surface area contributed by atoms with Gasteiger partial charge < -0.3 is 14.8 Å². The van der Waals surface area contributed by atoms with Crippen LogP contribution in [0.1, 0.15) is 37.7 Å². The molecule has 1 atom stereocenters. The number of para-hydroxylation sites is 1. The average Bonchev–Trinajstić information content (AvgIpc) is 2.77. The maximum absolute atomic E-state index is 13.2. The van der Waals surface area contributed by atoms with Gasteiger partial charge in [-0.3, -0.25) is 4.79 Å². The molecule has 32 heavy (non-hydrogen) atoms. The number of allylic oxidation sites excluding steroid dienone is 3. The molecule has 0 saturated heterocycles. The number of ketones is 1. The SMILES string of the molecule is CC1=C(C(=O)OCCOc2ccccc2)C(c2ccc(Cl)cc2Cl)C2=C(CCCC2=O)N1. The molecule has 0 saturated carbocycles. The van der Waals surface area contributed by atoms with Crippen LogP contribution in [0.2, 0.25) is 10.0 Å². The minimum Gasteiger partial charge on any atom is -0.490 e. The Bertz CT molecular complexity index is 1110. The topological polar surface area (TPSA) is 64.6 Å². The van der Waals surface area contributed by atoms with Crippen molar-refractivity contribution in [1.29, 1.82) is 0 Å². The van der Waals surface area contributed by atoms with Crippen LogP contribution in [0.15, 0.2) is 71.1 Å². The van der Waals surface area contributed by atoms with Gasteiger partial charge in [0.2, 0.25) is 0 Å². The molecular formula is C25H23Cl2NO4. The van der Waals surface area contributed by atoms with E-state index < -0.39 is 11.9 Å². The molecule has 2 aliphatic rings. The summed E-state index contributed by atoms with van der Waals surface area (Å²) >= 11 is 12.6. The van der Waals surface area contributed by atoms with E-state index in [1.807, 2.05) is 37.3 Å². The number of ether oxygens (including phenoxy) is 2. The summed E-state index contributed by atoms with van der Waals surface area (Å²) < 4.78 is 11.1. The van der Waals surface area contributed by atoms with E-state index in [4.69, 9.17) is 32.7 Å². The third-order valence-corrected chi connectivity index (χ3v) is 6.16. The van der Waals surface area contributed by atoms with E-state index >= 15 is 0 Å². The fourth-order valence-electron chi connectivity index (χ4n) is 4.19. The molecule has 0 bridgehead atoms. The van der Waals surface area contributed by atoms with Crippen LogP contribution in [-0.2, 0) is 14.3 Å². The van der Waals surface area contributed by atoms with Gasteiger partial charge in [0, 0.05) is 39.4 Å². The molecule has 0 radical (unpaired) electrons. The van der Waals surface area contributed by atoms with Crippen molar-refractivity contribution in [1.82, 2.24) is 5.32 Å². The van der Waals surface area contributed by atoms with E-state index in [1.165, 1.54) is 0 Å². The maximum atomic E-state index is 13.2. The van der Waals surface area contributed by atoms with Crippen LogP contribution in [0.25, 0.3) is 0 Å². The number of dihydropyridines is 1. The molecule has 1 heterocycles. The van der Waals surface area contributed by atoms with E-state index in [0.29, 0.717) is 44.6 Å². The smallest absolute Gasteiger partial charge is 0.336 e. The Morgan fingerprint density at radius 1 is 1.09 bits per heavy atom. The van der Waals surface area contributed by atoms with Crippen LogP contribution in [0.3, 0.4) is 0 Å². The predicted molar refractivity (Wildman–Crippen MR) is 124 cm³/mol. The van der Waals surface area contributed by atoms with Gasteiger partial charge in [-0.25, -0.2) is 4.79 Å². The van der Waals surface area contributed by atoms with Crippen molar-refractivity contribution in [3.8, 4) is 5.75 Å². The Labute approximate surface area is 197 Å². The van der Waals surface area contributed by atoms with Crippen molar-refractivity contribution < 1.29 is 19.1 Å². The molecule has 2 aromatic rings. The first-order valence-electron chi connectivity index (χ1n) is 10.5. The Morgan fingerprint density at radius 2 is 1.88 bits per heavy atom. The number of esters is 1. The van der Waals surface area contributed by atoms with Gasteiger partial charge in [-0.15, -0.1) is 0 Å². The van der Waals surface area contributed by atoms with Gasteiger partial charge in [-0.1, -0.05) is 47.5 Å². The first kappa shape index (κ1) is 22.4. The number of halogens is 2. The lowest BCUT2D eigenvalue weighted by Gasteiger charge is -2.34. The number of hydrogen-bond acceptors (Lipinski definition) is 5. The van der Waals surface area contributed by atoms with E-state index in [0.717, 1.165) is 18.5 Å². The fraction of sp³-hybridized carbons (Fsp3) is 0.280. The highest BCUT2D eigenvalue weighted by Crippen LogP contribution is 2.44. The quantitative estimate of drug-likeness (QED) is 0.439. The summed E-state index contributed by atoms with van der Waals surface area (Å²) in [6.45, 7) is 2.11. The number of benzene rings is 2. The second-order valence-corrected chi connectivity index (χ2v) is 8.57. The average molecular weight is 472 g/mol. The molecule has 5 nitrogen and oxygen atoms in total. The normalized spacial score (nSPS) is 18.2. The highest BCUT2D eigenvalue weighted by atomic mass is 35.5. The first-order valence-corrected chi connectivity index (χ1v) is 11.2. The summed E-state index contributed by atoms with van der Waals surface area (Å²) in [4.78, 5) is 26.1. The lowest BCUT2D eigenvalue weighted by Crippen LogP contribution is -2.34. The van der Waals surface area contributed by atoms with Crippen molar-refractivity contribution >= 4 is 35.0 Å².